The largest absolute Gasteiger partial charge is 0.507 e. The van der Waals surface area contributed by atoms with Crippen LogP contribution in [-0.2, 0) is 0 Å². The molecule has 0 heterocycles. The number of phenols is 1. The van der Waals surface area contributed by atoms with E-state index in [0.29, 0.717) is 12.0 Å². The molecule has 0 fully saturated rings. The van der Waals surface area contributed by atoms with Crippen molar-refractivity contribution in [2.45, 2.75) is 0 Å². The first-order valence-electron chi connectivity index (χ1n) is 5.42. The number of benzene rings is 2. The molecule has 0 saturated carbocycles. The van der Waals surface area contributed by atoms with Crippen molar-refractivity contribution >= 4 is 17.7 Å². The second-order valence-corrected chi connectivity index (χ2v) is 3.74. The van der Waals surface area contributed by atoms with Crippen molar-refractivity contribution in [2.75, 3.05) is 12.4 Å². The molecular formula is C14H13NO3. The maximum absolute atomic E-state index is 10.6. The second-order valence-electron chi connectivity index (χ2n) is 3.74. The van der Waals surface area contributed by atoms with Crippen LogP contribution in [0.2, 0.25) is 0 Å². The lowest BCUT2D eigenvalue weighted by Crippen LogP contribution is -1.91. The molecule has 4 heteroatoms. The quantitative estimate of drug-likeness (QED) is 0.810. The molecule has 0 bridgehead atoms. The summed E-state index contributed by atoms with van der Waals surface area (Å²) in [4.78, 5) is 10.6. The minimum Gasteiger partial charge on any atom is -0.507 e. The molecule has 0 radical (unpaired) electrons. The summed E-state index contributed by atoms with van der Waals surface area (Å²) in [5, 5.41) is 12.7. The number of aromatic hydroxyl groups is 1. The Labute approximate surface area is 105 Å². The molecule has 2 rings (SSSR count). The van der Waals surface area contributed by atoms with Crippen LogP contribution in [0.1, 0.15) is 10.4 Å². The van der Waals surface area contributed by atoms with Crippen molar-refractivity contribution in [1.82, 2.24) is 0 Å². The third kappa shape index (κ3) is 2.60. The summed E-state index contributed by atoms with van der Waals surface area (Å²) in [5.74, 6) is 0.739. The molecule has 0 aliphatic heterocycles. The number of anilines is 2. The van der Waals surface area contributed by atoms with Gasteiger partial charge >= 0.3 is 0 Å². The van der Waals surface area contributed by atoms with E-state index in [4.69, 9.17) is 4.74 Å². The molecule has 92 valence electrons. The van der Waals surface area contributed by atoms with Crippen LogP contribution in [-0.4, -0.2) is 18.5 Å². The summed E-state index contributed by atoms with van der Waals surface area (Å²) in [7, 11) is 1.61. The van der Waals surface area contributed by atoms with Gasteiger partial charge in [-0.25, -0.2) is 0 Å². The lowest BCUT2D eigenvalue weighted by Gasteiger charge is -2.08. The zero-order valence-corrected chi connectivity index (χ0v) is 9.88. The van der Waals surface area contributed by atoms with E-state index in [1.54, 1.807) is 19.2 Å². The normalized spacial score (nSPS) is 9.83. The van der Waals surface area contributed by atoms with Gasteiger partial charge in [0.2, 0.25) is 0 Å². The number of hydrogen-bond acceptors (Lipinski definition) is 4. The first-order chi connectivity index (χ1) is 8.72. The van der Waals surface area contributed by atoms with Gasteiger partial charge < -0.3 is 15.2 Å². The fraction of sp³-hybridized carbons (Fsp3) is 0.0714. The Kier molecular flexibility index (Phi) is 3.48. The van der Waals surface area contributed by atoms with Crippen LogP contribution >= 0.6 is 0 Å². The number of carbonyl (C=O) groups is 1. The minimum absolute atomic E-state index is 0.0384. The second kappa shape index (κ2) is 5.23. The van der Waals surface area contributed by atoms with Gasteiger partial charge in [0, 0.05) is 17.4 Å². The van der Waals surface area contributed by atoms with E-state index < -0.39 is 0 Å². The lowest BCUT2D eigenvalue weighted by atomic mass is 10.2. The van der Waals surface area contributed by atoms with Gasteiger partial charge in [-0.15, -0.1) is 0 Å². The first kappa shape index (κ1) is 12.0. The maximum atomic E-state index is 10.6. The summed E-state index contributed by atoms with van der Waals surface area (Å²) in [6, 6.07) is 12.2. The van der Waals surface area contributed by atoms with E-state index in [2.05, 4.69) is 5.32 Å². The molecule has 0 amide bonds. The van der Waals surface area contributed by atoms with Crippen LogP contribution in [0.4, 0.5) is 11.4 Å². The van der Waals surface area contributed by atoms with Gasteiger partial charge in [-0.05, 0) is 36.4 Å². The zero-order chi connectivity index (χ0) is 13.0. The SMILES string of the molecule is COc1ccc(Nc2ccc(C=O)c(O)c2)cc1. The van der Waals surface area contributed by atoms with E-state index in [9.17, 15) is 9.90 Å². The van der Waals surface area contributed by atoms with Gasteiger partial charge in [0.15, 0.2) is 6.29 Å². The van der Waals surface area contributed by atoms with E-state index >= 15 is 0 Å². The topological polar surface area (TPSA) is 58.6 Å². The van der Waals surface area contributed by atoms with E-state index in [1.165, 1.54) is 6.07 Å². The van der Waals surface area contributed by atoms with Crippen molar-refractivity contribution in [1.29, 1.82) is 0 Å². The molecule has 0 spiro atoms. The number of nitrogens with one attached hydrogen (secondary N) is 1. The van der Waals surface area contributed by atoms with Gasteiger partial charge in [-0.3, -0.25) is 4.79 Å². The molecule has 18 heavy (non-hydrogen) atoms. The molecule has 0 atom stereocenters. The molecule has 2 N–H and O–H groups in total. The number of rotatable bonds is 4. The van der Waals surface area contributed by atoms with Crippen molar-refractivity contribution in [2.24, 2.45) is 0 Å². The summed E-state index contributed by atoms with van der Waals surface area (Å²) >= 11 is 0. The molecule has 0 aliphatic rings. The highest BCUT2D eigenvalue weighted by Crippen LogP contribution is 2.24. The summed E-state index contributed by atoms with van der Waals surface area (Å²) in [5.41, 5.74) is 1.85. The first-order valence-corrected chi connectivity index (χ1v) is 5.42. The average Bonchev–Trinajstić information content (AvgIpc) is 2.40. The van der Waals surface area contributed by atoms with Gasteiger partial charge in [-0.1, -0.05) is 0 Å². The minimum atomic E-state index is -0.0384. The summed E-state index contributed by atoms with van der Waals surface area (Å²) < 4.78 is 5.06. The number of methoxy groups -OCH3 is 1. The Hall–Kier alpha value is -2.49. The number of carbonyl (C=O) groups excluding carboxylic acids is 1. The lowest BCUT2D eigenvalue weighted by molar-refractivity contribution is 0.112. The van der Waals surface area contributed by atoms with Crippen LogP contribution in [0, 0.1) is 0 Å². The Balaban J connectivity index is 2.17. The van der Waals surface area contributed by atoms with Gasteiger partial charge in [0.05, 0.1) is 12.7 Å². The fourth-order valence-corrected chi connectivity index (χ4v) is 1.56. The highest BCUT2D eigenvalue weighted by molar-refractivity contribution is 5.81. The van der Waals surface area contributed by atoms with Crippen molar-refractivity contribution < 1.29 is 14.6 Å². The van der Waals surface area contributed by atoms with Crippen LogP contribution in [0.3, 0.4) is 0 Å². The number of ether oxygens (including phenoxy) is 1. The smallest absolute Gasteiger partial charge is 0.153 e. The molecular weight excluding hydrogens is 230 g/mol. The number of hydrogen-bond donors (Lipinski definition) is 2. The maximum Gasteiger partial charge on any atom is 0.153 e. The van der Waals surface area contributed by atoms with Crippen molar-refractivity contribution in [3.05, 3.63) is 48.0 Å². The van der Waals surface area contributed by atoms with E-state index in [1.807, 2.05) is 24.3 Å². The Bertz CT molecular complexity index is 549. The highest BCUT2D eigenvalue weighted by atomic mass is 16.5. The third-order valence-electron chi connectivity index (χ3n) is 2.54. The molecule has 2 aromatic rings. The van der Waals surface area contributed by atoms with Crippen LogP contribution < -0.4 is 10.1 Å². The Morgan fingerprint density at radius 3 is 2.33 bits per heavy atom. The molecule has 0 unspecified atom stereocenters. The predicted octanol–water partition coefficient (Wildman–Crippen LogP) is 2.96. The fourth-order valence-electron chi connectivity index (χ4n) is 1.56. The molecule has 0 saturated heterocycles. The third-order valence-corrected chi connectivity index (χ3v) is 2.54. The number of aldehydes is 1. The Morgan fingerprint density at radius 2 is 1.78 bits per heavy atom. The zero-order valence-electron chi connectivity index (χ0n) is 9.88. The van der Waals surface area contributed by atoms with Crippen LogP contribution in [0.5, 0.6) is 11.5 Å². The summed E-state index contributed by atoms with van der Waals surface area (Å²) in [6.45, 7) is 0. The average molecular weight is 243 g/mol. The summed E-state index contributed by atoms with van der Waals surface area (Å²) in [6.07, 6.45) is 0.618. The van der Waals surface area contributed by atoms with Crippen molar-refractivity contribution in [3.8, 4) is 11.5 Å². The molecule has 4 nitrogen and oxygen atoms in total. The number of phenolic OH excluding ortho intramolecular Hbond substituents is 1. The molecule has 2 aromatic carbocycles. The van der Waals surface area contributed by atoms with E-state index in [0.717, 1.165) is 11.4 Å². The van der Waals surface area contributed by atoms with Gasteiger partial charge in [0.1, 0.15) is 11.5 Å². The van der Waals surface area contributed by atoms with Gasteiger partial charge in [-0.2, -0.15) is 0 Å². The van der Waals surface area contributed by atoms with Crippen LogP contribution in [0.25, 0.3) is 0 Å². The molecule has 0 aliphatic carbocycles. The van der Waals surface area contributed by atoms with E-state index in [-0.39, 0.29) is 11.3 Å². The van der Waals surface area contributed by atoms with Gasteiger partial charge in [0.25, 0.3) is 0 Å². The highest BCUT2D eigenvalue weighted by Gasteiger charge is 2.02. The monoisotopic (exact) mass is 243 g/mol. The van der Waals surface area contributed by atoms with Crippen molar-refractivity contribution in [3.63, 3.8) is 0 Å². The Morgan fingerprint density at radius 1 is 1.11 bits per heavy atom. The predicted molar refractivity (Wildman–Crippen MR) is 69.8 cm³/mol. The molecule has 0 aromatic heterocycles. The standard InChI is InChI=1S/C14H13NO3/c1-18-13-6-4-11(5-7-13)15-12-3-2-10(9-16)14(17)8-12/h2-9,15,17H,1H3. The van der Waals surface area contributed by atoms with Crippen LogP contribution in [0.15, 0.2) is 42.5 Å².